The zero-order valence-electron chi connectivity index (χ0n) is 10.0. The topological polar surface area (TPSA) is 49.7 Å². The molecule has 0 bridgehead atoms. The third kappa shape index (κ3) is 3.75. The number of rotatable bonds is 4. The summed E-state index contributed by atoms with van der Waals surface area (Å²) in [7, 11) is -1.40. The number of ether oxygens (including phenoxy) is 1. The second-order valence-corrected chi connectivity index (χ2v) is 4.76. The molecule has 1 aliphatic rings. The molecule has 0 heterocycles. The fraction of sp³-hybridized carbons (Fsp3) is 0.538. The lowest BCUT2D eigenvalue weighted by atomic mass is 9.80. The van der Waals surface area contributed by atoms with Crippen LogP contribution in [0.2, 0.25) is 0 Å². The minimum atomic E-state index is -1.40. The van der Waals surface area contributed by atoms with Gasteiger partial charge >= 0.3 is 7.12 Å². The van der Waals surface area contributed by atoms with Gasteiger partial charge < -0.3 is 14.8 Å². The van der Waals surface area contributed by atoms with Crippen LogP contribution in [0.1, 0.15) is 32.1 Å². The van der Waals surface area contributed by atoms with Crippen molar-refractivity contribution in [1.29, 1.82) is 0 Å². The first kappa shape index (κ1) is 12.5. The SMILES string of the molecule is OB(O)c1ccc(OCC2CCCCC2)cc1. The van der Waals surface area contributed by atoms with Gasteiger partial charge in [0.1, 0.15) is 5.75 Å². The smallest absolute Gasteiger partial charge is 0.488 e. The zero-order chi connectivity index (χ0) is 12.1. The van der Waals surface area contributed by atoms with Crippen molar-refractivity contribution in [3.63, 3.8) is 0 Å². The van der Waals surface area contributed by atoms with E-state index < -0.39 is 7.12 Å². The Morgan fingerprint density at radius 3 is 2.29 bits per heavy atom. The standard InChI is InChI=1S/C13H19BO3/c15-14(16)12-6-8-13(9-7-12)17-10-11-4-2-1-3-5-11/h6-9,11,15-16H,1-5,10H2. The molecule has 0 spiro atoms. The maximum Gasteiger partial charge on any atom is 0.488 e. The van der Waals surface area contributed by atoms with Crippen molar-refractivity contribution in [2.75, 3.05) is 6.61 Å². The van der Waals surface area contributed by atoms with Gasteiger partial charge in [0.25, 0.3) is 0 Å². The van der Waals surface area contributed by atoms with Gasteiger partial charge in [0.05, 0.1) is 6.61 Å². The van der Waals surface area contributed by atoms with Crippen molar-refractivity contribution < 1.29 is 14.8 Å². The van der Waals surface area contributed by atoms with Gasteiger partial charge in [0, 0.05) is 0 Å². The first-order chi connectivity index (χ1) is 8.25. The molecule has 2 N–H and O–H groups in total. The van der Waals surface area contributed by atoms with E-state index in [0.717, 1.165) is 12.4 Å². The zero-order valence-corrected chi connectivity index (χ0v) is 10.0. The van der Waals surface area contributed by atoms with Crippen LogP contribution in [-0.4, -0.2) is 23.8 Å². The quantitative estimate of drug-likeness (QED) is 0.772. The van der Waals surface area contributed by atoms with Gasteiger partial charge in [-0.15, -0.1) is 0 Å². The van der Waals surface area contributed by atoms with Crippen molar-refractivity contribution in [3.8, 4) is 5.75 Å². The van der Waals surface area contributed by atoms with Crippen molar-refractivity contribution in [3.05, 3.63) is 24.3 Å². The van der Waals surface area contributed by atoms with Crippen LogP contribution in [0.3, 0.4) is 0 Å². The number of benzene rings is 1. The molecule has 0 amide bonds. The van der Waals surface area contributed by atoms with Crippen LogP contribution in [0.25, 0.3) is 0 Å². The predicted octanol–water partition coefficient (Wildman–Crippen LogP) is 1.33. The normalized spacial score (nSPS) is 16.8. The van der Waals surface area contributed by atoms with E-state index in [0.29, 0.717) is 11.4 Å². The Labute approximate surface area is 103 Å². The van der Waals surface area contributed by atoms with Crippen molar-refractivity contribution in [2.45, 2.75) is 32.1 Å². The first-order valence-electron chi connectivity index (χ1n) is 6.34. The van der Waals surface area contributed by atoms with E-state index in [-0.39, 0.29) is 0 Å². The number of hydrogen-bond acceptors (Lipinski definition) is 3. The third-order valence-electron chi connectivity index (χ3n) is 3.39. The summed E-state index contributed by atoms with van der Waals surface area (Å²) >= 11 is 0. The molecule has 0 saturated heterocycles. The average Bonchev–Trinajstić information content (AvgIpc) is 2.38. The molecule has 0 radical (unpaired) electrons. The lowest BCUT2D eigenvalue weighted by Gasteiger charge is -2.21. The van der Waals surface area contributed by atoms with Crippen molar-refractivity contribution in [2.24, 2.45) is 5.92 Å². The van der Waals surface area contributed by atoms with Crippen LogP contribution in [-0.2, 0) is 0 Å². The summed E-state index contributed by atoms with van der Waals surface area (Å²) in [6, 6.07) is 6.94. The summed E-state index contributed by atoms with van der Waals surface area (Å²) in [4.78, 5) is 0. The Bertz CT molecular complexity index is 331. The minimum absolute atomic E-state index is 0.495. The predicted molar refractivity (Wildman–Crippen MR) is 68.3 cm³/mol. The number of hydrogen-bond donors (Lipinski definition) is 2. The van der Waals surface area contributed by atoms with Gasteiger partial charge in [-0.25, -0.2) is 0 Å². The Morgan fingerprint density at radius 2 is 1.71 bits per heavy atom. The lowest BCUT2D eigenvalue weighted by molar-refractivity contribution is 0.209. The van der Waals surface area contributed by atoms with E-state index in [2.05, 4.69) is 0 Å². The van der Waals surface area contributed by atoms with Gasteiger partial charge in [0.2, 0.25) is 0 Å². The molecule has 1 saturated carbocycles. The van der Waals surface area contributed by atoms with E-state index in [1.165, 1.54) is 32.1 Å². The van der Waals surface area contributed by atoms with Crippen LogP contribution >= 0.6 is 0 Å². The largest absolute Gasteiger partial charge is 0.493 e. The van der Waals surface area contributed by atoms with E-state index >= 15 is 0 Å². The summed E-state index contributed by atoms with van der Waals surface area (Å²) < 4.78 is 5.72. The van der Waals surface area contributed by atoms with Crippen LogP contribution in [0.5, 0.6) is 5.75 Å². The van der Waals surface area contributed by atoms with Gasteiger partial charge in [-0.05, 0) is 36.4 Å². The molecule has 0 unspecified atom stereocenters. The summed E-state index contributed by atoms with van der Waals surface area (Å²) in [5.74, 6) is 1.49. The molecule has 0 aliphatic heterocycles. The molecule has 2 rings (SSSR count). The van der Waals surface area contributed by atoms with E-state index in [4.69, 9.17) is 14.8 Å². The fourth-order valence-corrected chi connectivity index (χ4v) is 2.30. The summed E-state index contributed by atoms with van der Waals surface area (Å²) in [6.45, 7) is 0.779. The molecule has 17 heavy (non-hydrogen) atoms. The highest BCUT2D eigenvalue weighted by Crippen LogP contribution is 2.24. The molecule has 1 aliphatic carbocycles. The molecule has 1 aromatic rings. The van der Waals surface area contributed by atoms with Gasteiger partial charge in [0.15, 0.2) is 0 Å². The van der Waals surface area contributed by atoms with E-state index in [1.54, 1.807) is 24.3 Å². The first-order valence-corrected chi connectivity index (χ1v) is 6.34. The van der Waals surface area contributed by atoms with Crippen LogP contribution in [0.15, 0.2) is 24.3 Å². The molecule has 1 aromatic carbocycles. The molecule has 0 atom stereocenters. The molecular weight excluding hydrogens is 215 g/mol. The highest BCUT2D eigenvalue weighted by Gasteiger charge is 2.14. The van der Waals surface area contributed by atoms with Crippen molar-refractivity contribution >= 4 is 12.6 Å². The monoisotopic (exact) mass is 234 g/mol. The molecule has 1 fully saturated rings. The Morgan fingerprint density at radius 1 is 1.06 bits per heavy atom. The average molecular weight is 234 g/mol. The minimum Gasteiger partial charge on any atom is -0.493 e. The second-order valence-electron chi connectivity index (χ2n) is 4.76. The molecule has 92 valence electrons. The maximum atomic E-state index is 8.96. The Balaban J connectivity index is 1.82. The Kier molecular flexibility index (Phi) is 4.46. The Hall–Kier alpha value is -0.995. The van der Waals surface area contributed by atoms with Crippen LogP contribution < -0.4 is 10.2 Å². The fourth-order valence-electron chi connectivity index (χ4n) is 2.30. The van der Waals surface area contributed by atoms with Crippen LogP contribution in [0, 0.1) is 5.92 Å². The third-order valence-corrected chi connectivity index (χ3v) is 3.39. The summed E-state index contributed by atoms with van der Waals surface area (Å²) in [5.41, 5.74) is 0.495. The lowest BCUT2D eigenvalue weighted by Crippen LogP contribution is -2.29. The highest BCUT2D eigenvalue weighted by molar-refractivity contribution is 6.58. The molecule has 0 aromatic heterocycles. The van der Waals surface area contributed by atoms with Gasteiger partial charge in [-0.3, -0.25) is 0 Å². The van der Waals surface area contributed by atoms with E-state index in [1.807, 2.05) is 0 Å². The highest BCUT2D eigenvalue weighted by atomic mass is 16.5. The molecule has 4 heteroatoms. The van der Waals surface area contributed by atoms with Crippen molar-refractivity contribution in [1.82, 2.24) is 0 Å². The summed E-state index contributed by atoms with van der Waals surface area (Å²) in [6.07, 6.45) is 6.55. The second kappa shape index (κ2) is 6.08. The summed E-state index contributed by atoms with van der Waals surface area (Å²) in [5, 5.41) is 17.9. The van der Waals surface area contributed by atoms with Gasteiger partial charge in [-0.1, -0.05) is 31.4 Å². The maximum absolute atomic E-state index is 8.96. The molecule has 3 nitrogen and oxygen atoms in total. The molecular formula is C13H19BO3. The van der Waals surface area contributed by atoms with Gasteiger partial charge in [-0.2, -0.15) is 0 Å². The van der Waals surface area contributed by atoms with E-state index in [9.17, 15) is 0 Å². The van der Waals surface area contributed by atoms with Crippen LogP contribution in [0.4, 0.5) is 0 Å².